The van der Waals surface area contributed by atoms with Gasteiger partial charge >= 0.3 is 0 Å². The molecule has 0 atom stereocenters. The first-order chi connectivity index (χ1) is 7.27. The Kier molecular flexibility index (Phi) is 3.04. The summed E-state index contributed by atoms with van der Waals surface area (Å²) in [5.74, 6) is 0.215. The smallest absolute Gasteiger partial charge is 0.0965 e. The number of hydrogen-bond acceptors (Lipinski definition) is 2. The van der Waals surface area contributed by atoms with Gasteiger partial charge in [-0.25, -0.2) is 4.98 Å². The summed E-state index contributed by atoms with van der Waals surface area (Å²) in [6, 6.07) is 0.579. The van der Waals surface area contributed by atoms with Crippen LogP contribution >= 0.6 is 0 Å². The number of rotatable bonds is 3. The summed E-state index contributed by atoms with van der Waals surface area (Å²) in [4.78, 5) is 4.16. The van der Waals surface area contributed by atoms with Gasteiger partial charge in [0.25, 0.3) is 0 Å². The summed E-state index contributed by atoms with van der Waals surface area (Å²) in [5.41, 5.74) is 6.50. The van der Waals surface area contributed by atoms with Crippen molar-refractivity contribution in [2.45, 2.75) is 44.6 Å². The molecule has 0 radical (unpaired) electrons. The zero-order valence-electron chi connectivity index (χ0n) is 8.95. The highest BCUT2D eigenvalue weighted by atomic mass is 15.1. The second kappa shape index (κ2) is 4.47. The van der Waals surface area contributed by atoms with E-state index in [1.54, 1.807) is 0 Å². The van der Waals surface area contributed by atoms with Gasteiger partial charge in [0.15, 0.2) is 0 Å². The molecule has 1 aromatic heterocycles. The number of nitrogens with two attached hydrogens (primary N) is 1. The van der Waals surface area contributed by atoms with Crippen LogP contribution in [0.4, 0.5) is 0 Å². The molecular formula is C11H18N4. The van der Waals surface area contributed by atoms with Gasteiger partial charge in [0.1, 0.15) is 0 Å². The average Bonchev–Trinajstić information content (AvgIpc) is 2.66. The van der Waals surface area contributed by atoms with Crippen molar-refractivity contribution in [3.8, 4) is 0 Å². The Morgan fingerprint density at radius 3 is 2.87 bits per heavy atom. The van der Waals surface area contributed by atoms with Crippen molar-refractivity contribution >= 4 is 5.84 Å². The van der Waals surface area contributed by atoms with Crippen LogP contribution in [-0.2, 0) is 6.42 Å². The van der Waals surface area contributed by atoms with E-state index in [0.29, 0.717) is 12.5 Å². The fraction of sp³-hybridized carbons (Fsp3) is 0.636. The highest BCUT2D eigenvalue weighted by Crippen LogP contribution is 2.28. The molecule has 15 heavy (non-hydrogen) atoms. The van der Waals surface area contributed by atoms with Gasteiger partial charge in [0, 0.05) is 24.4 Å². The maximum absolute atomic E-state index is 7.32. The van der Waals surface area contributed by atoms with E-state index in [0.717, 1.165) is 5.69 Å². The van der Waals surface area contributed by atoms with E-state index < -0.39 is 0 Å². The summed E-state index contributed by atoms with van der Waals surface area (Å²) in [6.07, 6.45) is 10.7. The fourth-order valence-electron chi connectivity index (χ4n) is 2.35. The molecule has 3 N–H and O–H groups in total. The fourth-order valence-corrected chi connectivity index (χ4v) is 2.35. The van der Waals surface area contributed by atoms with Crippen molar-refractivity contribution in [1.82, 2.24) is 9.55 Å². The molecule has 0 unspecified atom stereocenters. The molecule has 1 aliphatic carbocycles. The normalized spacial score (nSPS) is 17.9. The first-order valence-corrected chi connectivity index (χ1v) is 5.61. The van der Waals surface area contributed by atoms with E-state index in [1.165, 1.54) is 32.1 Å². The van der Waals surface area contributed by atoms with E-state index >= 15 is 0 Å². The summed E-state index contributed by atoms with van der Waals surface area (Å²) in [5, 5.41) is 7.32. The molecule has 0 aliphatic heterocycles. The lowest BCUT2D eigenvalue weighted by atomic mass is 9.95. The predicted molar refractivity (Wildman–Crippen MR) is 60.0 cm³/mol. The minimum Gasteiger partial charge on any atom is -0.387 e. The first-order valence-electron chi connectivity index (χ1n) is 5.61. The number of amidine groups is 1. The van der Waals surface area contributed by atoms with Gasteiger partial charge in [-0.3, -0.25) is 5.41 Å². The van der Waals surface area contributed by atoms with Crippen LogP contribution in [0, 0.1) is 5.41 Å². The second-order valence-electron chi connectivity index (χ2n) is 4.29. The molecule has 1 aliphatic rings. The van der Waals surface area contributed by atoms with Gasteiger partial charge in [-0.1, -0.05) is 19.3 Å². The quantitative estimate of drug-likeness (QED) is 0.585. The highest BCUT2D eigenvalue weighted by molar-refractivity contribution is 5.78. The molecule has 0 bridgehead atoms. The molecular weight excluding hydrogens is 188 g/mol. The van der Waals surface area contributed by atoms with Crippen LogP contribution in [0.15, 0.2) is 12.5 Å². The van der Waals surface area contributed by atoms with Gasteiger partial charge in [-0.05, 0) is 12.8 Å². The lowest BCUT2D eigenvalue weighted by Crippen LogP contribution is -2.19. The largest absolute Gasteiger partial charge is 0.387 e. The van der Waals surface area contributed by atoms with Crippen molar-refractivity contribution in [2.75, 3.05) is 0 Å². The van der Waals surface area contributed by atoms with Crippen LogP contribution in [0.1, 0.15) is 43.8 Å². The standard InChI is InChI=1S/C11H18N4/c12-11(13)6-10-7-14-8-15(10)9-4-2-1-3-5-9/h7-9H,1-6H2,(H3,12,13). The summed E-state index contributed by atoms with van der Waals surface area (Å²) in [6.45, 7) is 0. The maximum Gasteiger partial charge on any atom is 0.0965 e. The summed E-state index contributed by atoms with van der Waals surface area (Å²) >= 11 is 0. The van der Waals surface area contributed by atoms with Crippen molar-refractivity contribution in [3.63, 3.8) is 0 Å². The lowest BCUT2D eigenvalue weighted by Gasteiger charge is -2.24. The zero-order chi connectivity index (χ0) is 10.7. The molecule has 1 aromatic rings. The van der Waals surface area contributed by atoms with Crippen LogP contribution in [0.2, 0.25) is 0 Å². The molecule has 82 valence electrons. The average molecular weight is 206 g/mol. The first kappa shape index (κ1) is 10.2. The van der Waals surface area contributed by atoms with Crippen molar-refractivity contribution < 1.29 is 0 Å². The van der Waals surface area contributed by atoms with Crippen LogP contribution in [-0.4, -0.2) is 15.4 Å². The Balaban J connectivity index is 2.12. The Morgan fingerprint density at radius 1 is 1.47 bits per heavy atom. The molecule has 0 aromatic carbocycles. The van der Waals surface area contributed by atoms with E-state index in [9.17, 15) is 0 Å². The van der Waals surface area contributed by atoms with Gasteiger partial charge in [-0.2, -0.15) is 0 Å². The topological polar surface area (TPSA) is 67.7 Å². The highest BCUT2D eigenvalue weighted by Gasteiger charge is 2.17. The number of hydrogen-bond donors (Lipinski definition) is 2. The molecule has 0 amide bonds. The van der Waals surface area contributed by atoms with E-state index in [1.807, 2.05) is 12.5 Å². The molecule has 0 saturated heterocycles. The van der Waals surface area contributed by atoms with Crippen molar-refractivity contribution in [3.05, 3.63) is 18.2 Å². The Hall–Kier alpha value is -1.32. The SMILES string of the molecule is N=C(N)Cc1cncn1C1CCCCC1. The van der Waals surface area contributed by atoms with E-state index in [2.05, 4.69) is 9.55 Å². The number of imidazole rings is 1. The molecule has 1 fully saturated rings. The molecule has 4 nitrogen and oxygen atoms in total. The zero-order valence-corrected chi connectivity index (χ0v) is 8.95. The van der Waals surface area contributed by atoms with Crippen LogP contribution in [0.5, 0.6) is 0 Å². The summed E-state index contributed by atoms with van der Waals surface area (Å²) < 4.78 is 2.21. The third-order valence-corrected chi connectivity index (χ3v) is 3.09. The maximum atomic E-state index is 7.32. The molecule has 1 saturated carbocycles. The van der Waals surface area contributed by atoms with Crippen LogP contribution < -0.4 is 5.73 Å². The third-order valence-electron chi connectivity index (χ3n) is 3.09. The number of aromatic nitrogens is 2. The van der Waals surface area contributed by atoms with Gasteiger partial charge in [0.2, 0.25) is 0 Å². The monoisotopic (exact) mass is 206 g/mol. The van der Waals surface area contributed by atoms with Crippen LogP contribution in [0.3, 0.4) is 0 Å². The minimum atomic E-state index is 0.215. The molecule has 0 spiro atoms. The number of nitrogens with one attached hydrogen (secondary N) is 1. The van der Waals surface area contributed by atoms with E-state index in [4.69, 9.17) is 11.1 Å². The van der Waals surface area contributed by atoms with E-state index in [-0.39, 0.29) is 5.84 Å². The van der Waals surface area contributed by atoms with Gasteiger partial charge in [-0.15, -0.1) is 0 Å². The lowest BCUT2D eigenvalue weighted by molar-refractivity contribution is 0.348. The van der Waals surface area contributed by atoms with Crippen LogP contribution in [0.25, 0.3) is 0 Å². The second-order valence-corrected chi connectivity index (χ2v) is 4.29. The number of nitrogens with zero attached hydrogens (tertiary/aromatic N) is 2. The Bertz CT molecular complexity index is 336. The van der Waals surface area contributed by atoms with Gasteiger partial charge < -0.3 is 10.3 Å². The van der Waals surface area contributed by atoms with Gasteiger partial charge in [0.05, 0.1) is 12.2 Å². The Morgan fingerprint density at radius 2 is 2.20 bits per heavy atom. The van der Waals surface area contributed by atoms with Crippen molar-refractivity contribution in [1.29, 1.82) is 5.41 Å². The minimum absolute atomic E-state index is 0.215. The van der Waals surface area contributed by atoms with Crippen molar-refractivity contribution in [2.24, 2.45) is 5.73 Å². The molecule has 2 rings (SSSR count). The Labute approximate surface area is 90.0 Å². The molecule has 4 heteroatoms. The predicted octanol–water partition coefficient (Wildman–Crippen LogP) is 1.87. The third kappa shape index (κ3) is 2.37. The summed E-state index contributed by atoms with van der Waals surface area (Å²) in [7, 11) is 0. The molecule has 1 heterocycles.